The van der Waals surface area contributed by atoms with Crippen molar-refractivity contribution in [2.75, 3.05) is 5.75 Å². The van der Waals surface area contributed by atoms with Gasteiger partial charge in [0, 0.05) is 28.6 Å². The molecule has 0 saturated heterocycles. The van der Waals surface area contributed by atoms with E-state index in [9.17, 15) is 14.9 Å². The zero-order valence-corrected chi connectivity index (χ0v) is 13.1. The number of halogens is 1. The maximum absolute atomic E-state index is 11.8. The molecule has 7 heteroatoms. The van der Waals surface area contributed by atoms with Gasteiger partial charge in [-0.15, -0.1) is 11.8 Å². The first-order chi connectivity index (χ1) is 10.6. The molecule has 2 aromatic rings. The molecule has 0 radical (unpaired) electrons. The Morgan fingerprint density at radius 1 is 1.18 bits per heavy atom. The number of nitro groups is 1. The van der Waals surface area contributed by atoms with Gasteiger partial charge in [0.05, 0.1) is 10.7 Å². The third-order valence-electron chi connectivity index (χ3n) is 2.85. The third kappa shape index (κ3) is 4.75. The van der Waals surface area contributed by atoms with Crippen molar-refractivity contribution >= 4 is 35.0 Å². The van der Waals surface area contributed by atoms with Crippen molar-refractivity contribution in [2.24, 2.45) is 0 Å². The quantitative estimate of drug-likeness (QED) is 0.496. The lowest BCUT2D eigenvalue weighted by Gasteiger charge is -2.06. The Hall–Kier alpha value is -2.05. The van der Waals surface area contributed by atoms with Crippen molar-refractivity contribution in [2.45, 2.75) is 11.4 Å². The van der Waals surface area contributed by atoms with Gasteiger partial charge in [-0.3, -0.25) is 14.9 Å². The first-order valence-corrected chi connectivity index (χ1v) is 7.80. The molecule has 1 N–H and O–H groups in total. The van der Waals surface area contributed by atoms with Gasteiger partial charge in [-0.25, -0.2) is 0 Å². The number of thioether (sulfide) groups is 1. The summed E-state index contributed by atoms with van der Waals surface area (Å²) in [7, 11) is 0. The van der Waals surface area contributed by atoms with Gasteiger partial charge in [0.15, 0.2) is 0 Å². The zero-order chi connectivity index (χ0) is 15.9. The largest absolute Gasteiger partial charge is 0.351 e. The molecule has 0 unspecified atom stereocenters. The molecule has 0 fully saturated rings. The van der Waals surface area contributed by atoms with Crippen LogP contribution in [0.15, 0.2) is 53.4 Å². The summed E-state index contributed by atoms with van der Waals surface area (Å²) in [4.78, 5) is 22.7. The number of nitrogens with one attached hydrogen (secondary N) is 1. The molecule has 5 nitrogen and oxygen atoms in total. The van der Waals surface area contributed by atoms with E-state index in [-0.39, 0.29) is 17.3 Å². The molecule has 0 saturated carbocycles. The molecule has 0 spiro atoms. The lowest BCUT2D eigenvalue weighted by Crippen LogP contribution is -2.24. The maximum Gasteiger partial charge on any atom is 0.269 e. The third-order valence-corrected chi connectivity index (χ3v) is 4.23. The van der Waals surface area contributed by atoms with Crippen LogP contribution in [0.4, 0.5) is 5.69 Å². The number of rotatable bonds is 6. The predicted octanol–water partition coefficient (Wildman–Crippen LogP) is 3.66. The van der Waals surface area contributed by atoms with E-state index in [2.05, 4.69) is 5.32 Å². The Balaban J connectivity index is 1.80. The molecule has 2 rings (SSSR count). The average Bonchev–Trinajstić information content (AvgIpc) is 2.52. The fraction of sp³-hybridized carbons (Fsp3) is 0.133. The van der Waals surface area contributed by atoms with E-state index >= 15 is 0 Å². The van der Waals surface area contributed by atoms with Gasteiger partial charge < -0.3 is 5.32 Å². The number of nitrogens with zero attached hydrogens (tertiary/aromatic N) is 1. The molecule has 1 amide bonds. The van der Waals surface area contributed by atoms with E-state index in [0.29, 0.717) is 11.6 Å². The van der Waals surface area contributed by atoms with Crippen LogP contribution in [-0.2, 0) is 11.3 Å². The van der Waals surface area contributed by atoms with Crippen LogP contribution in [0.2, 0.25) is 5.02 Å². The highest BCUT2D eigenvalue weighted by Gasteiger charge is 2.07. The van der Waals surface area contributed by atoms with E-state index in [4.69, 9.17) is 11.6 Å². The van der Waals surface area contributed by atoms with Crippen LogP contribution in [0.1, 0.15) is 5.56 Å². The summed E-state index contributed by atoms with van der Waals surface area (Å²) in [5.41, 5.74) is 0.894. The van der Waals surface area contributed by atoms with Crippen LogP contribution >= 0.6 is 23.4 Å². The number of benzene rings is 2. The monoisotopic (exact) mass is 336 g/mol. The number of carbonyl (C=O) groups excluding carboxylic acids is 1. The molecule has 0 heterocycles. The first-order valence-electron chi connectivity index (χ1n) is 6.43. The Morgan fingerprint density at radius 3 is 2.50 bits per heavy atom. The molecule has 114 valence electrons. The van der Waals surface area contributed by atoms with Crippen LogP contribution in [0.5, 0.6) is 0 Å². The van der Waals surface area contributed by atoms with Crippen molar-refractivity contribution in [1.29, 1.82) is 0 Å². The van der Waals surface area contributed by atoms with Gasteiger partial charge in [0.1, 0.15) is 0 Å². The highest BCUT2D eigenvalue weighted by molar-refractivity contribution is 8.00. The summed E-state index contributed by atoms with van der Waals surface area (Å²) >= 11 is 7.33. The molecule has 0 aliphatic heterocycles. The number of hydrogen-bond donors (Lipinski definition) is 1. The minimum Gasteiger partial charge on any atom is -0.351 e. The normalized spacial score (nSPS) is 10.2. The minimum absolute atomic E-state index is 0.0347. The molecule has 22 heavy (non-hydrogen) atoms. The SMILES string of the molecule is O=C(CSc1ccc([N+](=O)[O-])cc1)NCc1ccccc1Cl. The number of non-ortho nitro benzene ring substituents is 1. The second-order valence-corrected chi connectivity index (χ2v) is 5.86. The summed E-state index contributed by atoms with van der Waals surface area (Å²) in [5.74, 6) is 0.116. The second kappa shape index (κ2) is 7.82. The predicted molar refractivity (Wildman–Crippen MR) is 87.1 cm³/mol. The smallest absolute Gasteiger partial charge is 0.269 e. The molecule has 0 aromatic heterocycles. The van der Waals surface area contributed by atoms with E-state index in [0.717, 1.165) is 10.5 Å². The van der Waals surface area contributed by atoms with Gasteiger partial charge >= 0.3 is 0 Å². The van der Waals surface area contributed by atoms with Crippen molar-refractivity contribution in [1.82, 2.24) is 5.32 Å². The Bertz CT molecular complexity index is 677. The topological polar surface area (TPSA) is 72.2 Å². The van der Waals surface area contributed by atoms with Crippen LogP contribution in [0.25, 0.3) is 0 Å². The van der Waals surface area contributed by atoms with Gasteiger partial charge in [-0.2, -0.15) is 0 Å². The maximum atomic E-state index is 11.8. The number of hydrogen-bond acceptors (Lipinski definition) is 4. The minimum atomic E-state index is -0.454. The summed E-state index contributed by atoms with van der Waals surface area (Å²) in [6.45, 7) is 0.374. The molecule has 2 aromatic carbocycles. The van der Waals surface area contributed by atoms with Crippen LogP contribution in [-0.4, -0.2) is 16.6 Å². The molecular formula is C15H13ClN2O3S. The van der Waals surface area contributed by atoms with Crippen molar-refractivity contribution < 1.29 is 9.72 Å². The fourth-order valence-corrected chi connectivity index (χ4v) is 2.63. The Kier molecular flexibility index (Phi) is 5.80. The van der Waals surface area contributed by atoms with Gasteiger partial charge in [0.2, 0.25) is 5.91 Å². The summed E-state index contributed by atoms with van der Waals surface area (Å²) in [6.07, 6.45) is 0. The number of amides is 1. The highest BCUT2D eigenvalue weighted by atomic mass is 35.5. The van der Waals surface area contributed by atoms with E-state index < -0.39 is 4.92 Å². The van der Waals surface area contributed by atoms with Crippen molar-refractivity contribution in [3.05, 3.63) is 69.2 Å². The van der Waals surface area contributed by atoms with E-state index in [1.54, 1.807) is 18.2 Å². The van der Waals surface area contributed by atoms with Crippen LogP contribution in [0, 0.1) is 10.1 Å². The lowest BCUT2D eigenvalue weighted by atomic mass is 10.2. The van der Waals surface area contributed by atoms with E-state index in [1.165, 1.54) is 23.9 Å². The molecule has 0 bridgehead atoms. The Labute approximate surface area is 136 Å². The average molecular weight is 337 g/mol. The summed E-state index contributed by atoms with van der Waals surface area (Å²) in [6, 6.07) is 13.4. The van der Waals surface area contributed by atoms with Gasteiger partial charge in [0.25, 0.3) is 5.69 Å². The Morgan fingerprint density at radius 2 is 1.86 bits per heavy atom. The van der Waals surface area contributed by atoms with E-state index in [1.807, 2.05) is 18.2 Å². The van der Waals surface area contributed by atoms with Crippen LogP contribution < -0.4 is 5.32 Å². The van der Waals surface area contributed by atoms with Crippen molar-refractivity contribution in [3.8, 4) is 0 Å². The standard InChI is InChI=1S/C15H13ClN2O3S/c16-14-4-2-1-3-11(14)9-17-15(19)10-22-13-7-5-12(6-8-13)18(20)21/h1-8H,9-10H2,(H,17,19). The number of nitro benzene ring substituents is 1. The number of carbonyl (C=O) groups is 1. The summed E-state index contributed by atoms with van der Waals surface area (Å²) < 4.78 is 0. The first kappa shape index (κ1) is 16.3. The molecule has 0 aliphatic rings. The van der Waals surface area contributed by atoms with Crippen LogP contribution in [0.3, 0.4) is 0 Å². The zero-order valence-electron chi connectivity index (χ0n) is 11.5. The second-order valence-electron chi connectivity index (χ2n) is 4.41. The van der Waals surface area contributed by atoms with Gasteiger partial charge in [-0.1, -0.05) is 29.8 Å². The molecular weight excluding hydrogens is 324 g/mol. The molecule has 0 aliphatic carbocycles. The van der Waals surface area contributed by atoms with Gasteiger partial charge in [-0.05, 0) is 23.8 Å². The lowest BCUT2D eigenvalue weighted by molar-refractivity contribution is -0.384. The van der Waals surface area contributed by atoms with Crippen molar-refractivity contribution in [3.63, 3.8) is 0 Å². The highest BCUT2D eigenvalue weighted by Crippen LogP contribution is 2.21. The molecule has 0 atom stereocenters. The fourth-order valence-electron chi connectivity index (χ4n) is 1.70. The summed E-state index contributed by atoms with van der Waals surface area (Å²) in [5, 5.41) is 14.0.